The Morgan fingerprint density at radius 2 is 1.93 bits per heavy atom. The van der Waals surface area contributed by atoms with Gasteiger partial charge in [0.2, 0.25) is 0 Å². The molecule has 28 heavy (non-hydrogen) atoms. The van der Waals surface area contributed by atoms with Gasteiger partial charge in [-0.3, -0.25) is 4.79 Å². The minimum absolute atomic E-state index is 0.304. The van der Waals surface area contributed by atoms with Crippen LogP contribution in [0, 0.1) is 13.8 Å². The average Bonchev–Trinajstić information content (AvgIpc) is 2.67. The lowest BCUT2D eigenvalue weighted by Gasteiger charge is -2.25. The van der Waals surface area contributed by atoms with E-state index in [4.69, 9.17) is 17.4 Å². The second-order valence-corrected chi connectivity index (χ2v) is 7.02. The van der Waals surface area contributed by atoms with Crippen LogP contribution in [0.2, 0.25) is 5.02 Å². The molecule has 1 aliphatic heterocycles. The highest BCUT2D eigenvalue weighted by molar-refractivity contribution is 6.30. The molecule has 0 atom stereocenters. The zero-order valence-electron chi connectivity index (χ0n) is 16.6. The maximum absolute atomic E-state index is 11.5. The Morgan fingerprint density at radius 1 is 1.18 bits per heavy atom. The van der Waals surface area contributed by atoms with Gasteiger partial charge in [-0.05, 0) is 55.2 Å². The number of hydrogen-bond donors (Lipinski definition) is 3. The van der Waals surface area contributed by atoms with Crippen molar-refractivity contribution in [2.45, 2.75) is 27.2 Å². The molecule has 5 nitrogen and oxygen atoms in total. The minimum Gasteiger partial charge on any atom is -0.379 e. The van der Waals surface area contributed by atoms with E-state index in [1.165, 1.54) is 22.8 Å². The molecular formula is C22H27ClN4O. The highest BCUT2D eigenvalue weighted by atomic mass is 35.5. The lowest BCUT2D eigenvalue weighted by molar-refractivity contribution is -0.125. The van der Waals surface area contributed by atoms with Gasteiger partial charge in [-0.1, -0.05) is 49.4 Å². The van der Waals surface area contributed by atoms with Crippen molar-refractivity contribution in [3.63, 3.8) is 0 Å². The van der Waals surface area contributed by atoms with Crippen LogP contribution in [0.4, 0.5) is 5.69 Å². The van der Waals surface area contributed by atoms with E-state index in [-0.39, 0.29) is 5.91 Å². The van der Waals surface area contributed by atoms with E-state index < -0.39 is 0 Å². The largest absolute Gasteiger partial charge is 0.379 e. The zero-order valence-corrected chi connectivity index (χ0v) is 17.3. The Labute approximate surface area is 171 Å². The van der Waals surface area contributed by atoms with Crippen LogP contribution in [0.25, 0.3) is 0 Å². The Bertz CT molecular complexity index is 892. The quantitative estimate of drug-likeness (QED) is 0.531. The summed E-state index contributed by atoms with van der Waals surface area (Å²) in [6, 6.07) is 14.0. The van der Waals surface area contributed by atoms with E-state index in [2.05, 4.69) is 56.2 Å². The summed E-state index contributed by atoms with van der Waals surface area (Å²) < 4.78 is 0. The van der Waals surface area contributed by atoms with Crippen LogP contribution in [0.3, 0.4) is 0 Å². The predicted octanol–water partition coefficient (Wildman–Crippen LogP) is 4.28. The summed E-state index contributed by atoms with van der Waals surface area (Å²) in [5.74, 6) is 5.50. The van der Waals surface area contributed by atoms with E-state index in [1.54, 1.807) is 12.1 Å². The number of nitrogens with zero attached hydrogens (tertiary/aromatic N) is 1. The first kappa shape index (κ1) is 21.5. The van der Waals surface area contributed by atoms with Crippen molar-refractivity contribution < 1.29 is 4.79 Å². The molecule has 0 saturated carbocycles. The molecule has 0 saturated heterocycles. The van der Waals surface area contributed by atoms with E-state index in [0.717, 1.165) is 17.1 Å². The van der Waals surface area contributed by atoms with Crippen LogP contribution in [0.1, 0.15) is 23.6 Å². The van der Waals surface area contributed by atoms with Crippen molar-refractivity contribution in [1.29, 1.82) is 0 Å². The van der Waals surface area contributed by atoms with E-state index in [1.807, 2.05) is 12.1 Å². The summed E-state index contributed by atoms with van der Waals surface area (Å²) in [6.07, 6.45) is 2.56. The SMILES string of the molecule is C=C1NC(CNc2cccc(Cl)c2)=CC(=O)N1N.CCc1ccc(C)c(C)c1. The Kier molecular flexibility index (Phi) is 7.67. The lowest BCUT2D eigenvalue weighted by atomic mass is 10.1. The van der Waals surface area contributed by atoms with Crippen LogP contribution < -0.4 is 16.5 Å². The number of benzene rings is 2. The van der Waals surface area contributed by atoms with Crippen LogP contribution >= 0.6 is 11.6 Å². The molecule has 148 valence electrons. The molecule has 0 unspecified atom stereocenters. The summed E-state index contributed by atoms with van der Waals surface area (Å²) in [6.45, 7) is 10.6. The van der Waals surface area contributed by atoms with Crippen molar-refractivity contribution >= 4 is 23.2 Å². The third kappa shape index (κ3) is 6.15. The molecule has 0 spiro atoms. The van der Waals surface area contributed by atoms with Crippen molar-refractivity contribution in [3.05, 3.63) is 88.4 Å². The van der Waals surface area contributed by atoms with Crippen molar-refractivity contribution in [3.8, 4) is 0 Å². The molecule has 2 aromatic carbocycles. The summed E-state index contributed by atoms with van der Waals surface area (Å²) >= 11 is 5.87. The fourth-order valence-corrected chi connectivity index (χ4v) is 2.74. The fraction of sp³-hybridized carbons (Fsp3) is 0.227. The summed E-state index contributed by atoms with van der Waals surface area (Å²) in [4.78, 5) is 11.5. The monoisotopic (exact) mass is 398 g/mol. The number of rotatable bonds is 4. The highest BCUT2D eigenvalue weighted by Crippen LogP contribution is 2.15. The predicted molar refractivity (Wildman–Crippen MR) is 117 cm³/mol. The van der Waals surface area contributed by atoms with Gasteiger partial charge in [-0.25, -0.2) is 10.9 Å². The average molecular weight is 399 g/mol. The fourth-order valence-electron chi connectivity index (χ4n) is 2.55. The maximum Gasteiger partial charge on any atom is 0.268 e. The van der Waals surface area contributed by atoms with Gasteiger partial charge in [0.1, 0.15) is 5.82 Å². The number of aryl methyl sites for hydroxylation is 3. The Morgan fingerprint density at radius 3 is 2.54 bits per heavy atom. The topological polar surface area (TPSA) is 70.4 Å². The third-order valence-electron chi connectivity index (χ3n) is 4.42. The van der Waals surface area contributed by atoms with Crippen LogP contribution in [-0.4, -0.2) is 17.5 Å². The standard InChI is InChI=1S/C12H13ClN4O.C10H14/c1-8-16-11(6-12(18)17(8)14)7-15-10-4-2-3-9(13)5-10;1-4-10-6-5-8(2)9(3)7-10/h2-6,15-16H,1,7,14H2;5-7H,4H2,1-3H3. The number of hydrazine groups is 1. The molecule has 1 heterocycles. The smallest absolute Gasteiger partial charge is 0.268 e. The van der Waals surface area contributed by atoms with Crippen LogP contribution in [-0.2, 0) is 11.2 Å². The number of carbonyl (C=O) groups excluding carboxylic acids is 1. The summed E-state index contributed by atoms with van der Waals surface area (Å²) in [5.41, 5.74) is 5.80. The van der Waals surface area contributed by atoms with Gasteiger partial charge >= 0.3 is 0 Å². The number of anilines is 1. The molecule has 4 N–H and O–H groups in total. The lowest BCUT2D eigenvalue weighted by Crippen LogP contribution is -2.45. The van der Waals surface area contributed by atoms with E-state index >= 15 is 0 Å². The van der Waals surface area contributed by atoms with Gasteiger partial charge in [-0.15, -0.1) is 0 Å². The zero-order chi connectivity index (χ0) is 20.7. The number of halogens is 1. The Hall–Kier alpha value is -2.76. The molecule has 1 amide bonds. The minimum atomic E-state index is -0.304. The van der Waals surface area contributed by atoms with Gasteiger partial charge in [0, 0.05) is 22.5 Å². The first-order valence-corrected chi connectivity index (χ1v) is 9.48. The number of hydrogen-bond acceptors (Lipinski definition) is 4. The molecule has 0 aromatic heterocycles. The van der Waals surface area contributed by atoms with E-state index in [9.17, 15) is 4.79 Å². The van der Waals surface area contributed by atoms with Gasteiger partial charge in [0.15, 0.2) is 0 Å². The first-order chi connectivity index (χ1) is 13.3. The molecule has 3 rings (SSSR count). The number of carbonyl (C=O) groups is 1. The highest BCUT2D eigenvalue weighted by Gasteiger charge is 2.18. The molecule has 1 aliphatic rings. The van der Waals surface area contributed by atoms with Gasteiger partial charge in [-0.2, -0.15) is 0 Å². The normalized spacial score (nSPS) is 13.3. The van der Waals surface area contributed by atoms with Crippen molar-refractivity contribution in [2.24, 2.45) is 5.84 Å². The van der Waals surface area contributed by atoms with Gasteiger partial charge in [0.25, 0.3) is 5.91 Å². The number of nitrogens with two attached hydrogens (primary N) is 1. The van der Waals surface area contributed by atoms with Crippen LogP contribution in [0.15, 0.2) is 66.6 Å². The molecule has 2 aromatic rings. The first-order valence-electron chi connectivity index (χ1n) is 9.11. The molecule has 0 bridgehead atoms. The number of amides is 1. The second kappa shape index (κ2) is 9.97. The summed E-state index contributed by atoms with van der Waals surface area (Å²) in [7, 11) is 0. The number of nitrogens with one attached hydrogen (secondary N) is 2. The van der Waals surface area contributed by atoms with Crippen molar-refractivity contribution in [1.82, 2.24) is 10.3 Å². The molecule has 0 aliphatic carbocycles. The second-order valence-electron chi connectivity index (χ2n) is 6.59. The molecule has 0 radical (unpaired) electrons. The third-order valence-corrected chi connectivity index (χ3v) is 4.65. The van der Waals surface area contributed by atoms with Gasteiger partial charge in [0.05, 0.1) is 6.54 Å². The summed E-state index contributed by atoms with van der Waals surface area (Å²) in [5, 5.41) is 7.69. The van der Waals surface area contributed by atoms with E-state index in [0.29, 0.717) is 23.1 Å². The Balaban J connectivity index is 0.000000237. The van der Waals surface area contributed by atoms with Gasteiger partial charge < -0.3 is 10.6 Å². The maximum atomic E-state index is 11.5. The molecule has 0 fully saturated rings. The van der Waals surface area contributed by atoms with Crippen molar-refractivity contribution in [2.75, 3.05) is 11.9 Å². The molecular weight excluding hydrogens is 372 g/mol. The molecule has 6 heteroatoms. The van der Waals surface area contributed by atoms with Crippen LogP contribution in [0.5, 0.6) is 0 Å².